The number of hydrogen-bond donors (Lipinski definition) is 3. The molecule has 13 heteroatoms. The molecule has 1 saturated heterocycles. The maximum absolute atomic E-state index is 15.3. The summed E-state index contributed by atoms with van der Waals surface area (Å²) in [6.07, 6.45) is -2.84. The van der Waals surface area contributed by atoms with E-state index in [1.54, 1.807) is 18.7 Å². The topological polar surface area (TPSA) is 131 Å². The lowest BCUT2D eigenvalue weighted by Gasteiger charge is -2.43. The van der Waals surface area contributed by atoms with E-state index in [0.29, 0.717) is 25.1 Å². The van der Waals surface area contributed by atoms with E-state index >= 15 is 4.39 Å². The van der Waals surface area contributed by atoms with Crippen molar-refractivity contribution in [2.75, 3.05) is 36.4 Å². The fourth-order valence-corrected chi connectivity index (χ4v) is 4.40. The first kappa shape index (κ1) is 28.1. The number of alkyl halides is 3. The van der Waals surface area contributed by atoms with Gasteiger partial charge >= 0.3 is 6.18 Å². The highest BCUT2D eigenvalue weighted by Crippen LogP contribution is 2.31. The Kier molecular flexibility index (Phi) is 8.55. The fourth-order valence-electron chi connectivity index (χ4n) is 4.40. The van der Waals surface area contributed by atoms with Gasteiger partial charge in [-0.25, -0.2) is 9.97 Å². The van der Waals surface area contributed by atoms with Gasteiger partial charge in [-0.1, -0.05) is 12.1 Å². The molecule has 3 rings (SSSR count). The van der Waals surface area contributed by atoms with E-state index in [9.17, 15) is 28.3 Å². The highest BCUT2D eigenvalue weighted by atomic mass is 19.4. The minimum absolute atomic E-state index is 0.0141. The van der Waals surface area contributed by atoms with Crippen LogP contribution in [0.3, 0.4) is 0 Å². The fraction of sp³-hybridized carbons (Fsp3) is 0.500. The first-order valence-electron chi connectivity index (χ1n) is 11.7. The van der Waals surface area contributed by atoms with Gasteiger partial charge < -0.3 is 21.1 Å². The van der Waals surface area contributed by atoms with E-state index in [1.165, 1.54) is 23.4 Å². The number of aliphatic hydroxyl groups is 1. The Morgan fingerprint density at radius 1 is 1.38 bits per heavy atom. The lowest BCUT2D eigenvalue weighted by Crippen LogP contribution is -2.58. The second kappa shape index (κ2) is 11.3. The largest absolute Gasteiger partial charge is 0.416 e. The van der Waals surface area contributed by atoms with Gasteiger partial charge in [0.2, 0.25) is 11.7 Å². The van der Waals surface area contributed by atoms with E-state index in [-0.39, 0.29) is 37.2 Å². The number of benzene rings is 1. The van der Waals surface area contributed by atoms with Crippen LogP contribution in [-0.4, -0.2) is 63.7 Å². The predicted molar refractivity (Wildman–Crippen MR) is 128 cm³/mol. The summed E-state index contributed by atoms with van der Waals surface area (Å²) in [5.41, 5.74) is 3.77. The van der Waals surface area contributed by atoms with Gasteiger partial charge in [-0.15, -0.1) is 0 Å². The first-order valence-corrected chi connectivity index (χ1v) is 11.7. The van der Waals surface area contributed by atoms with Crippen LogP contribution in [0.15, 0.2) is 30.6 Å². The summed E-state index contributed by atoms with van der Waals surface area (Å²) in [4.78, 5) is 22.6. The van der Waals surface area contributed by atoms with Crippen LogP contribution in [-0.2, 0) is 17.5 Å². The van der Waals surface area contributed by atoms with Crippen LogP contribution >= 0.6 is 0 Å². The van der Waals surface area contributed by atoms with Gasteiger partial charge in [0, 0.05) is 38.6 Å². The molecule has 1 fully saturated rings. The molecular formula is C24H29F4N7O2. The van der Waals surface area contributed by atoms with Gasteiger partial charge in [0.15, 0.2) is 17.7 Å². The summed E-state index contributed by atoms with van der Waals surface area (Å²) < 4.78 is 53.9. The molecule has 37 heavy (non-hydrogen) atoms. The number of piperidine rings is 1. The van der Waals surface area contributed by atoms with Crippen molar-refractivity contribution in [3.05, 3.63) is 47.5 Å². The van der Waals surface area contributed by atoms with Crippen LogP contribution in [0, 0.1) is 23.1 Å². The molecule has 4 N–H and O–H groups in total. The number of rotatable bonds is 9. The Hall–Kier alpha value is -3.50. The van der Waals surface area contributed by atoms with Crippen LogP contribution in [0.25, 0.3) is 0 Å². The van der Waals surface area contributed by atoms with E-state index in [4.69, 9.17) is 5.73 Å². The van der Waals surface area contributed by atoms with Crippen LogP contribution in [0.5, 0.6) is 0 Å². The molecule has 1 aromatic heterocycles. The van der Waals surface area contributed by atoms with Gasteiger partial charge in [0.1, 0.15) is 6.33 Å². The van der Waals surface area contributed by atoms with Gasteiger partial charge in [-0.05, 0) is 38.0 Å². The van der Waals surface area contributed by atoms with Crippen molar-refractivity contribution in [1.29, 1.82) is 5.26 Å². The maximum Gasteiger partial charge on any atom is 0.416 e. The number of nitrogens with one attached hydrogen (secondary N) is 1. The Morgan fingerprint density at radius 3 is 2.59 bits per heavy atom. The van der Waals surface area contributed by atoms with Crippen molar-refractivity contribution in [2.45, 2.75) is 44.6 Å². The van der Waals surface area contributed by atoms with Crippen LogP contribution in [0.4, 0.5) is 29.2 Å². The standard InChI is InChI=1S/C24H29F4N7O2/c1-3-34(12-15-4-6-16(7-5-15)24(26,27)28)22-19(25)21(32-14-33-22)31-11-17-8-9-35(13-23(17,2)37)18(10-29)20(30)36/h4-7,14,17-18,37H,3,8-9,11-13H2,1-2H3,(H2,30,36)(H,31,32,33)/t17-,18?,23-/m0/s1. The number of aromatic nitrogens is 2. The van der Waals surface area contributed by atoms with Crippen molar-refractivity contribution in [3.8, 4) is 6.07 Å². The van der Waals surface area contributed by atoms with Gasteiger partial charge in [0.25, 0.3) is 0 Å². The molecule has 9 nitrogen and oxygen atoms in total. The molecule has 0 spiro atoms. The van der Waals surface area contributed by atoms with Crippen molar-refractivity contribution in [3.63, 3.8) is 0 Å². The molecule has 1 amide bonds. The summed E-state index contributed by atoms with van der Waals surface area (Å²) in [6.45, 7) is 4.35. The molecule has 3 atom stereocenters. The number of β-amino-alcohol motifs (C(OH)–C–C–N with tert-alkyl or cyclic N) is 1. The first-order chi connectivity index (χ1) is 17.4. The van der Waals surface area contributed by atoms with Crippen molar-refractivity contribution >= 4 is 17.5 Å². The van der Waals surface area contributed by atoms with Crippen LogP contribution < -0.4 is 16.0 Å². The Labute approximate surface area is 211 Å². The molecule has 1 aliphatic heterocycles. The lowest BCUT2D eigenvalue weighted by molar-refractivity contribution is -0.137. The van der Waals surface area contributed by atoms with Crippen LogP contribution in [0.2, 0.25) is 0 Å². The zero-order valence-electron chi connectivity index (χ0n) is 20.5. The molecule has 0 aliphatic carbocycles. The monoisotopic (exact) mass is 523 g/mol. The molecule has 1 unspecified atom stereocenters. The zero-order valence-corrected chi connectivity index (χ0v) is 20.5. The van der Waals surface area contributed by atoms with Gasteiger partial charge in [-0.2, -0.15) is 22.8 Å². The minimum atomic E-state index is -4.44. The number of carbonyl (C=O) groups is 1. The predicted octanol–water partition coefficient (Wildman–Crippen LogP) is 2.52. The second-order valence-electron chi connectivity index (χ2n) is 9.20. The van der Waals surface area contributed by atoms with E-state index in [0.717, 1.165) is 12.1 Å². The second-order valence-corrected chi connectivity index (χ2v) is 9.20. The Morgan fingerprint density at radius 2 is 2.05 bits per heavy atom. The third-order valence-corrected chi connectivity index (χ3v) is 6.55. The number of nitrogens with two attached hydrogens (primary N) is 1. The van der Waals surface area contributed by atoms with Gasteiger partial charge in [-0.3, -0.25) is 9.69 Å². The Bertz CT molecular complexity index is 1140. The van der Waals surface area contributed by atoms with E-state index in [1.807, 2.05) is 6.07 Å². The SMILES string of the molecule is CCN(Cc1ccc(C(F)(F)F)cc1)c1ncnc(NC[C@@H]2CCN(C(C#N)C(N)=O)C[C@]2(C)O)c1F. The number of anilines is 2. The number of hydrogen-bond acceptors (Lipinski definition) is 8. The Balaban J connectivity index is 1.69. The molecule has 1 aromatic carbocycles. The summed E-state index contributed by atoms with van der Waals surface area (Å²) in [6, 6.07) is 5.33. The number of primary amides is 1. The molecule has 0 radical (unpaired) electrons. The third kappa shape index (κ3) is 6.64. The van der Waals surface area contributed by atoms with E-state index < -0.39 is 35.1 Å². The van der Waals surface area contributed by atoms with Crippen LogP contribution in [0.1, 0.15) is 31.4 Å². The summed E-state index contributed by atoms with van der Waals surface area (Å²) in [5, 5.41) is 23.1. The maximum atomic E-state index is 15.3. The average Bonchev–Trinajstić information content (AvgIpc) is 2.82. The molecule has 1 aliphatic rings. The van der Waals surface area contributed by atoms with Crippen molar-refractivity contribution < 1.29 is 27.5 Å². The average molecular weight is 524 g/mol. The number of halogens is 4. The summed E-state index contributed by atoms with van der Waals surface area (Å²) >= 11 is 0. The summed E-state index contributed by atoms with van der Waals surface area (Å²) in [7, 11) is 0. The van der Waals surface area contributed by atoms with Crippen molar-refractivity contribution in [1.82, 2.24) is 14.9 Å². The third-order valence-electron chi connectivity index (χ3n) is 6.55. The molecule has 2 heterocycles. The zero-order chi connectivity index (χ0) is 27.4. The minimum Gasteiger partial charge on any atom is -0.388 e. The highest BCUT2D eigenvalue weighted by molar-refractivity contribution is 5.82. The molecule has 2 aromatic rings. The molecular weight excluding hydrogens is 494 g/mol. The molecule has 0 bridgehead atoms. The number of likely N-dealkylation sites (tertiary alicyclic amines) is 1. The van der Waals surface area contributed by atoms with Crippen molar-refractivity contribution in [2.24, 2.45) is 11.7 Å². The molecule has 200 valence electrons. The quantitative estimate of drug-likeness (QED) is 0.428. The molecule has 0 saturated carbocycles. The van der Waals surface area contributed by atoms with Gasteiger partial charge in [0.05, 0.1) is 17.2 Å². The number of carbonyl (C=O) groups excluding carboxylic acids is 1. The smallest absolute Gasteiger partial charge is 0.388 e. The summed E-state index contributed by atoms with van der Waals surface area (Å²) in [5.74, 6) is -1.96. The number of nitriles is 1. The lowest BCUT2D eigenvalue weighted by atomic mass is 9.82. The highest BCUT2D eigenvalue weighted by Gasteiger charge is 2.41. The normalized spacial score (nSPS) is 21.2. The number of nitrogens with zero attached hydrogens (tertiary/aromatic N) is 5. The van der Waals surface area contributed by atoms with E-state index in [2.05, 4.69) is 15.3 Å². The number of amides is 1.